The molecule has 3 saturated carbocycles. The summed E-state index contributed by atoms with van der Waals surface area (Å²) < 4.78 is 6.57. The molecule has 21 heavy (non-hydrogen) atoms. The summed E-state index contributed by atoms with van der Waals surface area (Å²) in [5, 5.41) is 0. The molecule has 1 saturated heterocycles. The van der Waals surface area contributed by atoms with Crippen molar-refractivity contribution in [3.8, 4) is 0 Å². The van der Waals surface area contributed by atoms with E-state index in [0.717, 1.165) is 36.0 Å². The van der Waals surface area contributed by atoms with Crippen molar-refractivity contribution < 1.29 is 4.74 Å². The normalized spacial score (nSPS) is 55.0. The molecule has 1 aliphatic heterocycles. The molecule has 0 N–H and O–H groups in total. The van der Waals surface area contributed by atoms with E-state index in [1.807, 2.05) is 0 Å². The quantitative estimate of drug-likeness (QED) is 0.556. The summed E-state index contributed by atoms with van der Waals surface area (Å²) in [7, 11) is 0. The van der Waals surface area contributed by atoms with Gasteiger partial charge in [-0.25, -0.2) is 0 Å². The zero-order valence-corrected chi connectivity index (χ0v) is 14.3. The zero-order chi connectivity index (χ0) is 15.0. The van der Waals surface area contributed by atoms with Crippen LogP contribution in [-0.4, -0.2) is 11.7 Å². The summed E-state index contributed by atoms with van der Waals surface area (Å²) >= 11 is 0. The van der Waals surface area contributed by atoms with Gasteiger partial charge >= 0.3 is 0 Å². The van der Waals surface area contributed by atoms with E-state index in [9.17, 15) is 0 Å². The van der Waals surface area contributed by atoms with Crippen LogP contribution in [0.1, 0.15) is 66.2 Å². The highest BCUT2D eigenvalue weighted by Gasteiger charge is 2.61. The molecule has 4 aliphatic rings. The van der Waals surface area contributed by atoms with Gasteiger partial charge in [-0.05, 0) is 87.4 Å². The van der Waals surface area contributed by atoms with Gasteiger partial charge < -0.3 is 4.74 Å². The highest BCUT2D eigenvalue weighted by molar-refractivity contribution is 5.17. The lowest BCUT2D eigenvalue weighted by molar-refractivity contribution is -0.0513. The Morgan fingerprint density at radius 3 is 2.67 bits per heavy atom. The van der Waals surface area contributed by atoms with E-state index in [1.54, 1.807) is 0 Å². The lowest BCUT2D eigenvalue weighted by atomic mass is 9.62. The molecule has 3 aliphatic carbocycles. The van der Waals surface area contributed by atoms with Gasteiger partial charge in [0.05, 0.1) is 11.7 Å². The maximum Gasteiger partial charge on any atom is 0.0662 e. The van der Waals surface area contributed by atoms with Crippen molar-refractivity contribution in [2.24, 2.45) is 35.0 Å². The molecule has 0 aromatic carbocycles. The van der Waals surface area contributed by atoms with Crippen LogP contribution >= 0.6 is 0 Å². The average Bonchev–Trinajstić information content (AvgIpc) is 2.97. The van der Waals surface area contributed by atoms with Crippen molar-refractivity contribution in [1.82, 2.24) is 0 Å². The Bertz CT molecular complexity index is 464. The number of hydrogen-bond donors (Lipinski definition) is 0. The van der Waals surface area contributed by atoms with Crippen LogP contribution in [0.4, 0.5) is 0 Å². The Morgan fingerprint density at radius 1 is 1.14 bits per heavy atom. The van der Waals surface area contributed by atoms with Gasteiger partial charge in [-0.2, -0.15) is 0 Å². The molecule has 0 radical (unpaired) electrons. The summed E-state index contributed by atoms with van der Waals surface area (Å²) in [6, 6.07) is 0. The van der Waals surface area contributed by atoms with Crippen LogP contribution in [0.2, 0.25) is 0 Å². The van der Waals surface area contributed by atoms with Crippen LogP contribution < -0.4 is 0 Å². The Morgan fingerprint density at radius 2 is 1.90 bits per heavy atom. The van der Waals surface area contributed by atoms with Crippen molar-refractivity contribution in [2.45, 2.75) is 77.9 Å². The monoisotopic (exact) mass is 288 g/mol. The predicted molar refractivity (Wildman–Crippen MR) is 87.0 cm³/mol. The SMILES string of the molecule is C=C1C[C@@H]2OC(C)(C)[C@@H]3CC[C@](C)(C[C@H]4[C@H](C)CC[C@@H]14)C23. The molecule has 7 atom stereocenters. The van der Waals surface area contributed by atoms with Gasteiger partial charge in [0.2, 0.25) is 0 Å². The maximum atomic E-state index is 6.57. The molecule has 0 aromatic heterocycles. The molecule has 0 aromatic rings. The second-order valence-corrected chi connectivity index (χ2v) is 9.48. The zero-order valence-electron chi connectivity index (χ0n) is 14.3. The largest absolute Gasteiger partial charge is 0.371 e. The molecule has 118 valence electrons. The van der Waals surface area contributed by atoms with Gasteiger partial charge in [0.25, 0.3) is 0 Å². The van der Waals surface area contributed by atoms with Gasteiger partial charge in [0, 0.05) is 0 Å². The van der Waals surface area contributed by atoms with Crippen LogP contribution in [0.25, 0.3) is 0 Å². The first-order valence-electron chi connectivity index (χ1n) is 9.17. The first-order valence-corrected chi connectivity index (χ1v) is 9.17. The lowest BCUT2D eigenvalue weighted by Gasteiger charge is -2.42. The fraction of sp³-hybridized carbons (Fsp3) is 0.900. The summed E-state index contributed by atoms with van der Waals surface area (Å²) in [6.07, 6.45) is 8.60. The van der Waals surface area contributed by atoms with E-state index < -0.39 is 0 Å². The third-order valence-corrected chi connectivity index (χ3v) is 7.88. The van der Waals surface area contributed by atoms with E-state index in [4.69, 9.17) is 4.74 Å². The molecule has 1 nitrogen and oxygen atoms in total. The predicted octanol–water partition coefficient (Wildman–Crippen LogP) is 5.21. The molecular weight excluding hydrogens is 256 g/mol. The highest BCUT2D eigenvalue weighted by Crippen LogP contribution is 2.64. The van der Waals surface area contributed by atoms with E-state index in [1.165, 1.54) is 37.7 Å². The van der Waals surface area contributed by atoms with Gasteiger partial charge in [0.15, 0.2) is 0 Å². The molecular formula is C20H32O. The van der Waals surface area contributed by atoms with E-state index in [0.29, 0.717) is 11.5 Å². The molecule has 4 rings (SSSR count). The third-order valence-electron chi connectivity index (χ3n) is 7.88. The Hall–Kier alpha value is -0.300. The number of hydrogen-bond acceptors (Lipinski definition) is 1. The minimum absolute atomic E-state index is 0.0818. The average molecular weight is 288 g/mol. The number of fused-ring (bicyclic) bond motifs is 1. The number of rotatable bonds is 0. The smallest absolute Gasteiger partial charge is 0.0662 e. The van der Waals surface area contributed by atoms with Crippen molar-refractivity contribution in [3.05, 3.63) is 12.2 Å². The van der Waals surface area contributed by atoms with Gasteiger partial charge in [-0.1, -0.05) is 26.0 Å². The third kappa shape index (κ3) is 1.92. The van der Waals surface area contributed by atoms with Crippen molar-refractivity contribution >= 4 is 0 Å². The van der Waals surface area contributed by atoms with Crippen LogP contribution in [0, 0.1) is 35.0 Å². The van der Waals surface area contributed by atoms with E-state index in [-0.39, 0.29) is 5.60 Å². The fourth-order valence-electron chi connectivity index (χ4n) is 6.83. The van der Waals surface area contributed by atoms with Crippen LogP contribution in [0.15, 0.2) is 12.2 Å². The minimum atomic E-state index is 0.0818. The second kappa shape index (κ2) is 4.37. The Kier molecular flexibility index (Phi) is 2.98. The molecule has 1 unspecified atom stereocenters. The Balaban J connectivity index is 1.73. The van der Waals surface area contributed by atoms with E-state index >= 15 is 0 Å². The first-order chi connectivity index (χ1) is 9.82. The van der Waals surface area contributed by atoms with E-state index in [2.05, 4.69) is 34.3 Å². The van der Waals surface area contributed by atoms with Gasteiger partial charge in [-0.3, -0.25) is 0 Å². The molecule has 0 bridgehead atoms. The van der Waals surface area contributed by atoms with Crippen LogP contribution in [0.5, 0.6) is 0 Å². The first kappa shape index (κ1) is 14.3. The molecule has 0 spiro atoms. The Labute approximate surface area is 130 Å². The molecule has 4 fully saturated rings. The van der Waals surface area contributed by atoms with Crippen LogP contribution in [-0.2, 0) is 4.74 Å². The van der Waals surface area contributed by atoms with Gasteiger partial charge in [0.1, 0.15) is 0 Å². The summed E-state index contributed by atoms with van der Waals surface area (Å²) in [5.74, 6) is 4.12. The molecule has 1 heterocycles. The maximum absolute atomic E-state index is 6.57. The topological polar surface area (TPSA) is 9.23 Å². The summed E-state index contributed by atoms with van der Waals surface area (Å²) in [4.78, 5) is 0. The highest BCUT2D eigenvalue weighted by atomic mass is 16.5. The van der Waals surface area contributed by atoms with Gasteiger partial charge in [-0.15, -0.1) is 0 Å². The van der Waals surface area contributed by atoms with Crippen LogP contribution in [0.3, 0.4) is 0 Å². The molecule has 1 heteroatoms. The van der Waals surface area contributed by atoms with Crippen molar-refractivity contribution in [3.63, 3.8) is 0 Å². The standard InChI is InChI=1S/C20H32O/c1-12-6-7-14-13(2)10-17-18-16(19(3,4)21-17)8-9-20(18,5)11-15(12)14/h12,14-18H,2,6-11H2,1,3-5H3/t12-,14+,15+,16-,17+,18?,20-/m1/s1. The second-order valence-electron chi connectivity index (χ2n) is 9.48. The lowest BCUT2D eigenvalue weighted by Crippen LogP contribution is -2.38. The molecule has 0 amide bonds. The summed E-state index contributed by atoms with van der Waals surface area (Å²) in [5.41, 5.74) is 2.11. The minimum Gasteiger partial charge on any atom is -0.371 e. The summed E-state index contributed by atoms with van der Waals surface area (Å²) in [6.45, 7) is 14.3. The van der Waals surface area contributed by atoms with Crippen molar-refractivity contribution in [1.29, 1.82) is 0 Å². The number of ether oxygens (including phenoxy) is 1. The fourth-order valence-corrected chi connectivity index (χ4v) is 6.83. The van der Waals surface area contributed by atoms with Crippen molar-refractivity contribution in [2.75, 3.05) is 0 Å².